The molecule has 1 aliphatic rings. The highest BCUT2D eigenvalue weighted by Crippen LogP contribution is 2.41. The lowest BCUT2D eigenvalue weighted by Gasteiger charge is -2.16. The predicted octanol–water partition coefficient (Wildman–Crippen LogP) is 23.5. The molecule has 0 bridgehead atoms. The van der Waals surface area contributed by atoms with Crippen LogP contribution in [-0.2, 0) is 34.6 Å². The number of aromatic nitrogens is 12. The van der Waals surface area contributed by atoms with Gasteiger partial charge in [-0.25, -0.2) is 19.9 Å². The third-order valence-corrected chi connectivity index (χ3v) is 23.9. The van der Waals surface area contributed by atoms with Gasteiger partial charge in [-0.2, -0.15) is 18.3 Å². The van der Waals surface area contributed by atoms with Gasteiger partial charge in [-0.05, 0) is 207 Å². The van der Waals surface area contributed by atoms with Crippen LogP contribution in [0.4, 0.5) is 0 Å². The summed E-state index contributed by atoms with van der Waals surface area (Å²) in [7, 11) is 8.52. The van der Waals surface area contributed by atoms with Crippen LogP contribution in [0.3, 0.4) is 0 Å². The van der Waals surface area contributed by atoms with Gasteiger partial charge in [0.1, 0.15) is 39.8 Å². The maximum absolute atomic E-state index is 4.77. The molecule has 0 unspecified atom stereocenters. The van der Waals surface area contributed by atoms with E-state index in [1.165, 1.54) is 186 Å². The molecule has 0 radical (unpaired) electrons. The fraction of sp³-hybridized carbons (Fsp3) is 0.283. The molecule has 12 nitrogen and oxygen atoms in total. The Morgan fingerprint density at radius 3 is 0.941 bits per heavy atom. The van der Waals surface area contributed by atoms with Gasteiger partial charge in [0.15, 0.2) is 24.8 Å². The molecule has 8 heterocycles. The number of hydrogen-bond donors (Lipinski definition) is 0. The molecular formula is C106H114N12+4. The number of hydrogen-bond acceptors (Lipinski definition) is 8. The highest BCUT2D eigenvalue weighted by molar-refractivity contribution is 6.05. The van der Waals surface area contributed by atoms with Crippen molar-refractivity contribution in [2.45, 2.75) is 169 Å². The molecule has 0 amide bonds. The van der Waals surface area contributed by atoms with Crippen molar-refractivity contribution in [3.8, 4) is 89.8 Å². The van der Waals surface area contributed by atoms with Gasteiger partial charge >= 0.3 is 0 Å². The first kappa shape index (κ1) is 82.3. The lowest BCUT2D eigenvalue weighted by molar-refractivity contribution is -0.658. The van der Waals surface area contributed by atoms with Crippen molar-refractivity contribution in [1.82, 2.24) is 39.9 Å². The zero-order valence-corrected chi connectivity index (χ0v) is 73.3. The van der Waals surface area contributed by atoms with Gasteiger partial charge < -0.3 is 0 Å². The van der Waals surface area contributed by atoms with Crippen LogP contribution in [0.25, 0.3) is 133 Å². The number of fused-ring (bicyclic) bond motifs is 4. The molecule has 0 atom stereocenters. The predicted molar refractivity (Wildman–Crippen MR) is 486 cm³/mol. The topological polar surface area (TPSA) is 119 Å². The minimum Gasteiger partial charge on any atom is -0.258 e. The molecule has 118 heavy (non-hydrogen) atoms. The second kappa shape index (κ2) is 34.5. The SMILES string of the molecule is Cc1cc(C)c(C)c(-c2c3ccccc3c(-c3cnc(C(C)C)cn3)c[n+]2C)c1.Cc1cc(C)c(C)c(-c2c3ccccc3c(-c3cnc(C)cn3)c[n+]2C)c1.Cc1cc(C)c(C)c(-c2c3ccccc3c(-c3cnc(C4CCCC4)nc3)c[n+]2C)c1.Cc1cc(C)c(C)c(-c2c3ccccc3c(-c3cnc(CC(C)(C)C)nc3)c[n+]2C)c1. The summed E-state index contributed by atoms with van der Waals surface area (Å²) >= 11 is 0. The van der Waals surface area contributed by atoms with E-state index >= 15 is 0 Å². The summed E-state index contributed by atoms with van der Waals surface area (Å²) in [4.78, 5) is 37.3. The van der Waals surface area contributed by atoms with E-state index in [-0.39, 0.29) is 5.41 Å². The van der Waals surface area contributed by atoms with Gasteiger partial charge in [0.2, 0.25) is 22.8 Å². The van der Waals surface area contributed by atoms with E-state index in [1.807, 2.05) is 56.5 Å². The number of pyridine rings is 4. The van der Waals surface area contributed by atoms with E-state index in [4.69, 9.17) is 15.0 Å². The van der Waals surface area contributed by atoms with Crippen molar-refractivity contribution in [3.63, 3.8) is 0 Å². The highest BCUT2D eigenvalue weighted by Gasteiger charge is 2.29. The Bertz CT molecular complexity index is 6470. The van der Waals surface area contributed by atoms with Crippen LogP contribution >= 0.6 is 0 Å². The molecule has 17 rings (SSSR count). The van der Waals surface area contributed by atoms with Gasteiger partial charge in [-0.15, -0.1) is 0 Å². The van der Waals surface area contributed by atoms with Crippen LogP contribution in [0.2, 0.25) is 0 Å². The van der Waals surface area contributed by atoms with Gasteiger partial charge in [0.25, 0.3) is 0 Å². The zero-order chi connectivity index (χ0) is 83.7. The number of rotatable bonds is 11. The molecule has 8 aromatic heterocycles. The fourth-order valence-electron chi connectivity index (χ4n) is 17.4. The molecule has 0 N–H and O–H groups in total. The van der Waals surface area contributed by atoms with Crippen molar-refractivity contribution in [2.24, 2.45) is 33.6 Å². The first-order valence-corrected chi connectivity index (χ1v) is 41.7. The largest absolute Gasteiger partial charge is 0.258 e. The normalized spacial score (nSPS) is 12.3. The van der Waals surface area contributed by atoms with E-state index in [0.29, 0.717) is 11.8 Å². The standard InChI is InChI=1S/C28H30N3.C28H32N3.C26H28N3.C24H24N3/c1-18-13-19(2)20(3)25(14-18)27-24-12-8-7-11-23(24)26(17-31(27)4)22-15-29-28(30-16-22)21-9-5-6-10-21;1-18-12-19(2)20(3)24(13-18)27-23-11-9-8-10-22(23)25(17-31(27)7)21-15-29-26(30-16-21)14-28(4,5)6;1-16(2)24-13-28-25(14-27-24)23-15-29(6)26(21-10-8-7-9-20(21)23)22-12-17(3)11-18(4)19(22)5;1-15-10-16(2)18(4)21(11-15)24-20-9-7-6-8-19(20)22(14-27(24)5)23-13-25-17(3)12-26-23/h7-8,11-17,21H,5-6,9-10H2,1-4H3;8-13,15-17H,14H2,1-7H3;7-16H,1-6H3;6-14H,1-5H3/q4*+1. The van der Waals surface area contributed by atoms with Crippen molar-refractivity contribution in [1.29, 1.82) is 0 Å². The third kappa shape index (κ3) is 17.3. The van der Waals surface area contributed by atoms with Crippen LogP contribution in [0.5, 0.6) is 0 Å². The Morgan fingerprint density at radius 2 is 0.636 bits per heavy atom. The Hall–Kier alpha value is -12.3. The summed E-state index contributed by atoms with van der Waals surface area (Å²) in [6, 6.07) is 52.7. The second-order valence-electron chi connectivity index (χ2n) is 34.7. The van der Waals surface area contributed by atoms with Gasteiger partial charge in [-0.1, -0.05) is 167 Å². The summed E-state index contributed by atoms with van der Waals surface area (Å²) in [5.74, 6) is 2.82. The second-order valence-corrected chi connectivity index (χ2v) is 34.7. The average Bonchev–Trinajstić information content (AvgIpc) is 0.847. The first-order chi connectivity index (χ1) is 56.5. The Kier molecular flexibility index (Phi) is 24.0. The average molecular weight is 1560 g/mol. The lowest BCUT2D eigenvalue weighted by Crippen LogP contribution is -2.31. The maximum atomic E-state index is 4.77. The van der Waals surface area contributed by atoms with Crippen molar-refractivity contribution in [2.75, 3.05) is 0 Å². The van der Waals surface area contributed by atoms with E-state index < -0.39 is 0 Å². The van der Waals surface area contributed by atoms with Crippen LogP contribution in [-0.4, -0.2) is 39.9 Å². The van der Waals surface area contributed by atoms with Crippen molar-refractivity contribution in [3.05, 3.63) is 310 Å². The fourth-order valence-corrected chi connectivity index (χ4v) is 17.4. The molecular weight excluding hydrogens is 1440 g/mol. The summed E-state index contributed by atoms with van der Waals surface area (Å²) < 4.78 is 8.98. The van der Waals surface area contributed by atoms with Gasteiger partial charge in [0.05, 0.1) is 101 Å². The number of aryl methyl sites for hydroxylation is 13. The monoisotopic (exact) mass is 1550 g/mol. The molecule has 16 aromatic rings. The maximum Gasteiger partial charge on any atom is 0.220 e. The number of nitrogens with zero attached hydrogens (tertiary/aromatic N) is 12. The zero-order valence-electron chi connectivity index (χ0n) is 73.3. The Balaban J connectivity index is 0.000000129. The van der Waals surface area contributed by atoms with E-state index in [1.54, 1.807) is 0 Å². The molecule has 1 saturated carbocycles. The van der Waals surface area contributed by atoms with Crippen LogP contribution in [0.15, 0.2) is 220 Å². The lowest BCUT2D eigenvalue weighted by atomic mass is 9.91. The summed E-state index contributed by atoms with van der Waals surface area (Å²) in [5, 5.41) is 9.83. The van der Waals surface area contributed by atoms with Gasteiger partial charge in [0, 0.05) is 82.2 Å². The quantitative estimate of drug-likeness (QED) is 0.118. The molecule has 8 aromatic carbocycles. The third-order valence-electron chi connectivity index (χ3n) is 23.9. The van der Waals surface area contributed by atoms with Crippen LogP contribution < -0.4 is 18.3 Å². The minimum absolute atomic E-state index is 0.173. The molecule has 0 saturated heterocycles. The molecule has 12 heteroatoms. The molecule has 1 fully saturated rings. The summed E-state index contributed by atoms with van der Waals surface area (Å²) in [6.45, 7) is 39.2. The van der Waals surface area contributed by atoms with Crippen molar-refractivity contribution < 1.29 is 18.3 Å². The first-order valence-electron chi connectivity index (χ1n) is 41.7. The van der Waals surface area contributed by atoms with Crippen molar-refractivity contribution >= 4 is 43.1 Å². The Morgan fingerprint density at radius 1 is 0.331 bits per heavy atom. The number of benzene rings is 8. The summed E-state index contributed by atoms with van der Waals surface area (Å²) in [5.41, 5.74) is 36.5. The Labute approximate surface area is 698 Å². The molecule has 0 aliphatic heterocycles. The van der Waals surface area contributed by atoms with Crippen LogP contribution in [0, 0.1) is 95.4 Å². The molecule has 0 spiro atoms. The van der Waals surface area contributed by atoms with Crippen LogP contribution in [0.1, 0.15) is 162 Å². The minimum atomic E-state index is 0.173. The molecule has 594 valence electrons. The van der Waals surface area contributed by atoms with E-state index in [0.717, 1.165) is 68.7 Å². The van der Waals surface area contributed by atoms with Gasteiger partial charge in [-0.3, -0.25) is 19.9 Å². The van der Waals surface area contributed by atoms with E-state index in [2.05, 4.69) is 359 Å². The molecule has 1 aliphatic carbocycles. The van der Waals surface area contributed by atoms with E-state index in [9.17, 15) is 0 Å². The highest BCUT2D eigenvalue weighted by atomic mass is 15.0. The smallest absolute Gasteiger partial charge is 0.220 e. The summed E-state index contributed by atoms with van der Waals surface area (Å²) in [6.07, 6.45) is 30.2.